The summed E-state index contributed by atoms with van der Waals surface area (Å²) in [6.45, 7) is 0.229. The monoisotopic (exact) mass is 273 g/mol. The lowest BCUT2D eigenvalue weighted by Crippen LogP contribution is -2.33. The minimum Gasteiger partial charge on any atom is -0.449 e. The van der Waals surface area contributed by atoms with Gasteiger partial charge < -0.3 is 10.2 Å². The number of rotatable bonds is 5. The minimum absolute atomic E-state index is 0.194. The summed E-state index contributed by atoms with van der Waals surface area (Å²) in [5, 5.41) is 11.6. The number of carbonyl (C=O) groups excluding carboxylic acids is 1. The highest BCUT2D eigenvalue weighted by atomic mass is 19.1. The van der Waals surface area contributed by atoms with E-state index in [0.29, 0.717) is 11.3 Å². The Labute approximate surface area is 114 Å². The van der Waals surface area contributed by atoms with Crippen LogP contribution in [-0.2, 0) is 11.3 Å². The first-order valence-electron chi connectivity index (χ1n) is 5.87. The van der Waals surface area contributed by atoms with Crippen LogP contribution in [0.5, 0.6) is 0 Å². The summed E-state index contributed by atoms with van der Waals surface area (Å²) < 4.78 is 18.0. The number of furan rings is 1. The van der Waals surface area contributed by atoms with Crippen LogP contribution in [0.3, 0.4) is 0 Å². The summed E-state index contributed by atoms with van der Waals surface area (Å²) in [6.07, 6.45) is 0. The molecule has 1 unspecified atom stereocenters. The standard InChI is InChI=1S/C14H12FN3O2/c15-10-3-1-9(2-4-10)13(14(17)19)18-8-12-6-5-11(7-16)20-12/h1-6,13,18H,8H2,(H2,17,19). The lowest BCUT2D eigenvalue weighted by Gasteiger charge is -2.14. The molecule has 1 aromatic heterocycles. The number of hydrogen-bond donors (Lipinski definition) is 2. The third-order valence-corrected chi connectivity index (χ3v) is 2.74. The van der Waals surface area contributed by atoms with Crippen molar-refractivity contribution in [3.63, 3.8) is 0 Å². The van der Waals surface area contributed by atoms with E-state index in [1.54, 1.807) is 6.07 Å². The molecule has 1 amide bonds. The van der Waals surface area contributed by atoms with E-state index < -0.39 is 11.9 Å². The summed E-state index contributed by atoms with van der Waals surface area (Å²) in [6, 6.07) is 9.77. The average Bonchev–Trinajstić information content (AvgIpc) is 2.88. The van der Waals surface area contributed by atoms with E-state index in [1.807, 2.05) is 6.07 Å². The second kappa shape index (κ2) is 5.99. The molecule has 0 saturated carbocycles. The van der Waals surface area contributed by atoms with E-state index in [0.717, 1.165) is 0 Å². The molecule has 0 aliphatic rings. The highest BCUT2D eigenvalue weighted by Gasteiger charge is 2.17. The lowest BCUT2D eigenvalue weighted by molar-refractivity contribution is -0.120. The van der Waals surface area contributed by atoms with Gasteiger partial charge in [0.15, 0.2) is 0 Å². The van der Waals surface area contributed by atoms with Crippen LogP contribution in [0.2, 0.25) is 0 Å². The SMILES string of the molecule is N#Cc1ccc(CNC(C(N)=O)c2ccc(F)cc2)o1. The van der Waals surface area contributed by atoms with Crippen LogP contribution >= 0.6 is 0 Å². The van der Waals surface area contributed by atoms with Crippen molar-refractivity contribution < 1.29 is 13.6 Å². The van der Waals surface area contributed by atoms with Crippen LogP contribution in [0.25, 0.3) is 0 Å². The van der Waals surface area contributed by atoms with Gasteiger partial charge in [-0.1, -0.05) is 12.1 Å². The Balaban J connectivity index is 2.08. The molecular weight excluding hydrogens is 261 g/mol. The zero-order valence-corrected chi connectivity index (χ0v) is 10.5. The van der Waals surface area contributed by atoms with Crippen molar-refractivity contribution in [2.24, 2.45) is 5.73 Å². The van der Waals surface area contributed by atoms with Gasteiger partial charge in [-0.15, -0.1) is 0 Å². The summed E-state index contributed by atoms with van der Waals surface area (Å²) in [5.74, 6) is -0.264. The fourth-order valence-corrected chi connectivity index (χ4v) is 1.77. The number of nitriles is 1. The molecule has 20 heavy (non-hydrogen) atoms. The number of nitrogens with two attached hydrogens (primary N) is 1. The van der Waals surface area contributed by atoms with Crippen molar-refractivity contribution in [2.75, 3.05) is 0 Å². The van der Waals surface area contributed by atoms with E-state index in [-0.39, 0.29) is 18.1 Å². The van der Waals surface area contributed by atoms with Gasteiger partial charge in [0, 0.05) is 0 Å². The highest BCUT2D eigenvalue weighted by Crippen LogP contribution is 2.15. The Morgan fingerprint density at radius 3 is 2.60 bits per heavy atom. The van der Waals surface area contributed by atoms with Gasteiger partial charge in [0.25, 0.3) is 0 Å². The molecule has 1 aromatic carbocycles. The first-order chi connectivity index (χ1) is 9.60. The molecule has 1 atom stereocenters. The average molecular weight is 273 g/mol. The zero-order chi connectivity index (χ0) is 14.5. The number of nitrogens with one attached hydrogen (secondary N) is 1. The summed E-state index contributed by atoms with van der Waals surface area (Å²) in [4.78, 5) is 11.5. The second-order valence-electron chi connectivity index (χ2n) is 4.15. The number of amides is 1. The van der Waals surface area contributed by atoms with Gasteiger partial charge in [-0.3, -0.25) is 10.1 Å². The fraction of sp³-hybridized carbons (Fsp3) is 0.143. The molecule has 0 fully saturated rings. The normalized spacial score (nSPS) is 11.8. The van der Waals surface area contributed by atoms with Gasteiger partial charge in [-0.2, -0.15) is 5.26 Å². The van der Waals surface area contributed by atoms with Gasteiger partial charge in [0.05, 0.1) is 6.54 Å². The van der Waals surface area contributed by atoms with Crippen LogP contribution in [-0.4, -0.2) is 5.91 Å². The van der Waals surface area contributed by atoms with E-state index in [4.69, 9.17) is 15.4 Å². The van der Waals surface area contributed by atoms with Gasteiger partial charge in [0.1, 0.15) is 23.7 Å². The van der Waals surface area contributed by atoms with Gasteiger partial charge in [0.2, 0.25) is 11.7 Å². The van der Waals surface area contributed by atoms with Crippen LogP contribution < -0.4 is 11.1 Å². The molecule has 1 heterocycles. The Hall–Kier alpha value is -2.65. The van der Waals surface area contributed by atoms with Gasteiger partial charge >= 0.3 is 0 Å². The molecule has 0 aliphatic carbocycles. The Morgan fingerprint density at radius 1 is 1.35 bits per heavy atom. The summed E-state index contributed by atoms with van der Waals surface area (Å²) in [7, 11) is 0. The topological polar surface area (TPSA) is 92.0 Å². The molecule has 6 heteroatoms. The molecule has 102 valence electrons. The predicted molar refractivity (Wildman–Crippen MR) is 68.6 cm³/mol. The second-order valence-corrected chi connectivity index (χ2v) is 4.15. The quantitative estimate of drug-likeness (QED) is 0.865. The molecule has 0 radical (unpaired) electrons. The van der Waals surface area contributed by atoms with Crippen molar-refractivity contribution in [1.82, 2.24) is 5.32 Å². The molecule has 0 bridgehead atoms. The number of hydrogen-bond acceptors (Lipinski definition) is 4. The Kier molecular flexibility index (Phi) is 4.13. The van der Waals surface area contributed by atoms with E-state index in [9.17, 15) is 9.18 Å². The van der Waals surface area contributed by atoms with E-state index >= 15 is 0 Å². The smallest absolute Gasteiger partial charge is 0.239 e. The number of benzene rings is 1. The molecular formula is C14H12FN3O2. The van der Waals surface area contributed by atoms with Crippen molar-refractivity contribution in [2.45, 2.75) is 12.6 Å². The minimum atomic E-state index is -0.758. The number of primary amides is 1. The number of nitrogens with zero attached hydrogens (tertiary/aromatic N) is 1. The maximum atomic E-state index is 12.9. The molecule has 5 nitrogen and oxygen atoms in total. The lowest BCUT2D eigenvalue weighted by atomic mass is 10.1. The van der Waals surface area contributed by atoms with Gasteiger partial charge in [-0.05, 0) is 29.8 Å². The van der Waals surface area contributed by atoms with Crippen molar-refractivity contribution in [3.8, 4) is 6.07 Å². The molecule has 0 spiro atoms. The third-order valence-electron chi connectivity index (χ3n) is 2.74. The van der Waals surface area contributed by atoms with Crippen molar-refractivity contribution in [3.05, 3.63) is 59.3 Å². The van der Waals surface area contributed by atoms with Crippen molar-refractivity contribution in [1.29, 1.82) is 5.26 Å². The first kappa shape index (κ1) is 13.8. The molecule has 2 rings (SSSR count). The fourth-order valence-electron chi connectivity index (χ4n) is 1.77. The number of carbonyl (C=O) groups is 1. The summed E-state index contributed by atoms with van der Waals surface area (Å²) in [5.41, 5.74) is 5.89. The van der Waals surface area contributed by atoms with Crippen LogP contribution in [0.4, 0.5) is 4.39 Å². The van der Waals surface area contributed by atoms with E-state index in [2.05, 4.69) is 5.32 Å². The van der Waals surface area contributed by atoms with Crippen LogP contribution in [0.15, 0.2) is 40.8 Å². The van der Waals surface area contributed by atoms with Crippen molar-refractivity contribution >= 4 is 5.91 Å². The Morgan fingerprint density at radius 2 is 2.05 bits per heavy atom. The zero-order valence-electron chi connectivity index (χ0n) is 10.5. The van der Waals surface area contributed by atoms with Gasteiger partial charge in [-0.25, -0.2) is 4.39 Å². The van der Waals surface area contributed by atoms with Crippen LogP contribution in [0, 0.1) is 17.1 Å². The molecule has 2 aromatic rings. The molecule has 0 saturated heterocycles. The number of halogens is 1. The largest absolute Gasteiger partial charge is 0.449 e. The molecule has 0 aliphatic heterocycles. The maximum Gasteiger partial charge on any atom is 0.239 e. The van der Waals surface area contributed by atoms with Crippen LogP contribution in [0.1, 0.15) is 23.1 Å². The maximum absolute atomic E-state index is 12.9. The highest BCUT2D eigenvalue weighted by molar-refractivity contribution is 5.81. The third kappa shape index (κ3) is 3.22. The first-order valence-corrected chi connectivity index (χ1v) is 5.87. The summed E-state index contributed by atoms with van der Waals surface area (Å²) >= 11 is 0. The van der Waals surface area contributed by atoms with E-state index in [1.165, 1.54) is 30.3 Å². The molecule has 3 N–H and O–H groups in total. The predicted octanol–water partition coefficient (Wildman–Crippen LogP) is 1.61. The Bertz CT molecular complexity index is 643.